The van der Waals surface area contributed by atoms with Crippen molar-refractivity contribution < 1.29 is 39.1 Å². The maximum absolute atomic E-state index is 14.0. The fourth-order valence-electron chi connectivity index (χ4n) is 5.99. The Balaban J connectivity index is 1.35. The van der Waals surface area contributed by atoms with Gasteiger partial charge in [-0.3, -0.25) is 34.2 Å². The van der Waals surface area contributed by atoms with E-state index in [1.807, 2.05) is 30.3 Å². The number of rotatable bonds is 13. The molecule has 13 heteroatoms. The lowest BCUT2D eigenvalue weighted by molar-refractivity contribution is -0.385. The van der Waals surface area contributed by atoms with Crippen molar-refractivity contribution in [3.63, 3.8) is 0 Å². The van der Waals surface area contributed by atoms with Gasteiger partial charge in [-0.2, -0.15) is 0 Å². The molecule has 3 atom stereocenters. The molecule has 3 aromatic carbocycles. The second-order valence-corrected chi connectivity index (χ2v) is 11.8. The highest BCUT2D eigenvalue weighted by atomic mass is 16.6. The molecule has 2 aliphatic heterocycles. The van der Waals surface area contributed by atoms with Gasteiger partial charge in [-0.05, 0) is 29.3 Å². The summed E-state index contributed by atoms with van der Waals surface area (Å²) in [6.07, 6.45) is 2.43. The van der Waals surface area contributed by atoms with Crippen LogP contribution >= 0.6 is 0 Å². The van der Waals surface area contributed by atoms with Gasteiger partial charge < -0.3 is 24.7 Å². The summed E-state index contributed by atoms with van der Waals surface area (Å²) in [7, 11) is 0. The Morgan fingerprint density at radius 2 is 1.81 bits per heavy atom. The third-order valence-corrected chi connectivity index (χ3v) is 8.54. The fraction of sp³-hybridized carbons (Fsp3) is 0.314. The first-order valence-electron chi connectivity index (χ1n) is 15.4. The molecule has 1 saturated heterocycles. The van der Waals surface area contributed by atoms with Crippen LogP contribution < -0.4 is 9.80 Å². The van der Waals surface area contributed by atoms with Gasteiger partial charge >= 0.3 is 5.97 Å². The molecule has 250 valence electrons. The van der Waals surface area contributed by atoms with E-state index < -0.39 is 34.5 Å². The molecule has 0 saturated carbocycles. The minimum absolute atomic E-state index is 0.0120. The van der Waals surface area contributed by atoms with E-state index in [2.05, 4.69) is 0 Å². The lowest BCUT2D eigenvalue weighted by Gasteiger charge is -2.39. The second kappa shape index (κ2) is 14.2. The predicted molar refractivity (Wildman–Crippen MR) is 174 cm³/mol. The molecule has 2 heterocycles. The van der Waals surface area contributed by atoms with Gasteiger partial charge in [0.05, 0.1) is 30.2 Å². The number of esters is 1. The summed E-state index contributed by atoms with van der Waals surface area (Å²) in [5.41, 5.74) is -0.0291. The van der Waals surface area contributed by atoms with Gasteiger partial charge in [0.1, 0.15) is 0 Å². The molecule has 48 heavy (non-hydrogen) atoms. The second-order valence-electron chi connectivity index (χ2n) is 11.8. The van der Waals surface area contributed by atoms with Crippen molar-refractivity contribution in [1.29, 1.82) is 0 Å². The van der Waals surface area contributed by atoms with Crippen molar-refractivity contribution in [3.05, 3.63) is 112 Å². The Bertz CT molecular complexity index is 1740. The summed E-state index contributed by atoms with van der Waals surface area (Å²) < 4.78 is 5.17. The zero-order valence-electron chi connectivity index (χ0n) is 26.5. The van der Waals surface area contributed by atoms with E-state index in [1.165, 1.54) is 39.8 Å². The Morgan fingerprint density at radius 3 is 2.44 bits per heavy atom. The molecule has 13 nitrogen and oxygen atoms in total. The van der Waals surface area contributed by atoms with E-state index >= 15 is 0 Å². The number of β-lactam (4-membered cyclic amide) rings is 1. The van der Waals surface area contributed by atoms with Crippen LogP contribution in [0, 0.1) is 16.0 Å². The monoisotopic (exact) mass is 656 g/mol. The molecule has 3 amide bonds. The van der Waals surface area contributed by atoms with Crippen LogP contribution in [0.5, 0.6) is 0 Å². The molecule has 0 aromatic heterocycles. The average Bonchev–Trinajstić information content (AvgIpc) is 3.27. The Morgan fingerprint density at radius 1 is 1.10 bits per heavy atom. The van der Waals surface area contributed by atoms with Crippen LogP contribution in [0.1, 0.15) is 43.4 Å². The summed E-state index contributed by atoms with van der Waals surface area (Å²) in [5, 5.41) is 33.1. The smallest absolute Gasteiger partial charge is 0.304 e. The van der Waals surface area contributed by atoms with Gasteiger partial charge in [0.15, 0.2) is 11.8 Å². The van der Waals surface area contributed by atoms with Gasteiger partial charge in [-0.15, -0.1) is 0 Å². The Kier molecular flexibility index (Phi) is 10.0. The Labute approximate surface area is 276 Å². The maximum Gasteiger partial charge on any atom is 0.304 e. The molecule has 0 aliphatic carbocycles. The Hall–Kier alpha value is -5.40. The molecule has 3 aromatic rings. The van der Waals surface area contributed by atoms with Crippen LogP contribution in [0.2, 0.25) is 0 Å². The molecular weight excluding hydrogens is 620 g/mol. The number of nitro benzene ring substituents is 1. The van der Waals surface area contributed by atoms with Crippen LogP contribution in [0.3, 0.4) is 0 Å². The normalized spacial score (nSPS) is 19.2. The highest BCUT2D eigenvalue weighted by Gasteiger charge is 2.53. The molecule has 2 aliphatic rings. The van der Waals surface area contributed by atoms with Crippen LogP contribution in [0.25, 0.3) is 0 Å². The predicted octanol–water partition coefficient (Wildman–Crippen LogP) is 3.56. The quantitative estimate of drug-likeness (QED) is 0.0918. The zero-order valence-corrected chi connectivity index (χ0v) is 26.5. The number of carbonyl (C=O) groups excluding carboxylic acids is 4. The van der Waals surface area contributed by atoms with Crippen LogP contribution in [0.15, 0.2) is 84.9 Å². The number of benzene rings is 3. The highest BCUT2D eigenvalue weighted by Crippen LogP contribution is 2.47. The van der Waals surface area contributed by atoms with Gasteiger partial charge in [-0.1, -0.05) is 61.5 Å². The third kappa shape index (κ3) is 6.82. The number of hydrogen-bond acceptors (Lipinski definition) is 9. The number of carbonyl (C=O) groups is 4. The molecule has 0 radical (unpaired) electrons. The summed E-state index contributed by atoms with van der Waals surface area (Å²) in [6, 6.07) is 19.9. The molecule has 0 spiro atoms. The standard InChI is InChI=1S/C35H36N4O9/c1-23(7-6-10-31(42)36(17-18-40)21-25-8-4-3-5-9-25)35(45)29-19-28(39(46)47)15-16-30(29)37(34(35)44)22-26-11-13-27(14-12-26)38-32(43)20-33(38)48-24(2)41/h3-9,11-16,19,23,33,40,45H,10,17-18,20-22H2,1-2H3/b7-6+/t23-,33?,35+/m1/s1. The van der Waals surface area contributed by atoms with E-state index in [1.54, 1.807) is 43.3 Å². The molecule has 5 rings (SSSR count). The number of hydrogen-bond donors (Lipinski definition) is 2. The van der Waals surface area contributed by atoms with Crippen LogP contribution in [-0.4, -0.2) is 63.1 Å². The number of ether oxygens (including phenoxy) is 1. The van der Waals surface area contributed by atoms with Crippen molar-refractivity contribution in [2.75, 3.05) is 23.0 Å². The van der Waals surface area contributed by atoms with Gasteiger partial charge in [0, 0.05) is 55.7 Å². The van der Waals surface area contributed by atoms with Crippen molar-refractivity contribution in [2.24, 2.45) is 5.92 Å². The first kappa shape index (κ1) is 33.9. The topological polar surface area (TPSA) is 171 Å². The first-order valence-corrected chi connectivity index (χ1v) is 15.4. The van der Waals surface area contributed by atoms with Crippen molar-refractivity contribution in [1.82, 2.24) is 4.90 Å². The molecule has 0 bridgehead atoms. The van der Waals surface area contributed by atoms with Crippen LogP contribution in [0.4, 0.5) is 17.1 Å². The number of amides is 3. The van der Waals surface area contributed by atoms with Crippen molar-refractivity contribution >= 4 is 40.8 Å². The summed E-state index contributed by atoms with van der Waals surface area (Å²) in [6.45, 7) is 3.10. The number of aliphatic hydroxyl groups is 2. The number of nitro groups is 1. The van der Waals surface area contributed by atoms with Crippen LogP contribution in [-0.2, 0) is 42.6 Å². The highest BCUT2D eigenvalue weighted by molar-refractivity contribution is 6.07. The van der Waals surface area contributed by atoms with Crippen molar-refractivity contribution in [3.8, 4) is 0 Å². The number of anilines is 2. The largest absolute Gasteiger partial charge is 0.441 e. The molecule has 1 unspecified atom stereocenters. The maximum atomic E-state index is 14.0. The van der Waals surface area contributed by atoms with Gasteiger partial charge in [-0.25, -0.2) is 0 Å². The first-order chi connectivity index (χ1) is 22.9. The van der Waals surface area contributed by atoms with E-state index in [9.17, 15) is 39.5 Å². The summed E-state index contributed by atoms with van der Waals surface area (Å²) in [5.74, 6) is -2.55. The summed E-state index contributed by atoms with van der Waals surface area (Å²) >= 11 is 0. The SMILES string of the molecule is CC(=O)OC1CC(=O)N1c1ccc(CN2C(=O)[C@](O)([C@H](C)/C=C/CC(=O)N(CCO)Cc3ccccc3)c3cc([N+](=O)[O-])ccc32)cc1. The lowest BCUT2D eigenvalue weighted by atomic mass is 9.82. The zero-order chi connectivity index (χ0) is 34.6. The van der Waals surface area contributed by atoms with E-state index in [4.69, 9.17) is 4.74 Å². The van der Waals surface area contributed by atoms with E-state index in [0.717, 1.165) is 5.56 Å². The molecule has 2 N–H and O–H groups in total. The van der Waals surface area contributed by atoms with Gasteiger partial charge in [0.2, 0.25) is 11.8 Å². The minimum Gasteiger partial charge on any atom is -0.441 e. The molecule has 1 fully saturated rings. The lowest BCUT2D eigenvalue weighted by Crippen LogP contribution is -2.54. The summed E-state index contributed by atoms with van der Waals surface area (Å²) in [4.78, 5) is 65.9. The number of fused-ring (bicyclic) bond motifs is 1. The minimum atomic E-state index is -2.17. The number of nitrogens with zero attached hydrogens (tertiary/aromatic N) is 4. The van der Waals surface area contributed by atoms with E-state index in [-0.39, 0.29) is 55.6 Å². The number of non-ortho nitro benzene ring substituents is 1. The average molecular weight is 657 g/mol. The van der Waals surface area contributed by atoms with Gasteiger partial charge in [0.25, 0.3) is 11.6 Å². The van der Waals surface area contributed by atoms with Crippen molar-refractivity contribution in [2.45, 2.75) is 51.6 Å². The fourth-order valence-corrected chi connectivity index (χ4v) is 5.99. The number of aliphatic hydroxyl groups excluding tert-OH is 1. The van der Waals surface area contributed by atoms with E-state index in [0.29, 0.717) is 23.5 Å². The molecular formula is C35H36N4O9. The third-order valence-electron chi connectivity index (χ3n) is 8.54.